The standard InChI is InChI=1S/C26H23.3ClH.Ti/c1-20-18-21(2)25(19-20)26(22-12-6-3-7-13-22,23-14-8-4-9-15-23)24-16-10-5-11-17-24;;;;/h3-17H,19H2,1-2H3;3*1H;/q;;;;+3/p-3. The largest absolute Gasteiger partial charge is 1.00 e. The molecule has 0 saturated carbocycles. The van der Waals surface area contributed by atoms with Crippen LogP contribution in [0.3, 0.4) is 0 Å². The van der Waals surface area contributed by atoms with E-state index in [0.29, 0.717) is 0 Å². The molecule has 0 saturated heterocycles. The SMILES string of the molecule is CC1=[C]([Ti+3])C(C)=C(C(c2ccccc2)(c2ccccc2)c2ccccc2)C1.[Cl-].[Cl-].[Cl-]. The van der Waals surface area contributed by atoms with Crippen LogP contribution < -0.4 is 37.2 Å². The van der Waals surface area contributed by atoms with Gasteiger partial charge < -0.3 is 37.2 Å². The molecule has 152 valence electrons. The van der Waals surface area contributed by atoms with Crippen LogP contribution in [0.5, 0.6) is 0 Å². The minimum absolute atomic E-state index is 0. The van der Waals surface area contributed by atoms with Crippen LogP contribution in [0, 0.1) is 0 Å². The number of allylic oxidation sites excluding steroid dienone is 4. The average molecular weight is 490 g/mol. The topological polar surface area (TPSA) is 0 Å². The molecule has 0 aromatic heterocycles. The Hall–Kier alpha value is -1.28. The van der Waals surface area contributed by atoms with Crippen LogP contribution in [-0.4, -0.2) is 0 Å². The summed E-state index contributed by atoms with van der Waals surface area (Å²) in [6, 6.07) is 33.0. The molecule has 0 amide bonds. The second-order valence-electron chi connectivity index (χ2n) is 7.28. The molecule has 0 heterocycles. The maximum atomic E-state index is 2.30. The number of hydrogen-bond donors (Lipinski definition) is 0. The van der Waals surface area contributed by atoms with Gasteiger partial charge in [0, 0.05) is 0 Å². The summed E-state index contributed by atoms with van der Waals surface area (Å²) >= 11 is 2.27. The average Bonchev–Trinajstić information content (AvgIpc) is 2.99. The van der Waals surface area contributed by atoms with Crippen LogP contribution in [0.1, 0.15) is 37.0 Å². The van der Waals surface area contributed by atoms with Crippen molar-refractivity contribution in [2.24, 2.45) is 0 Å². The van der Waals surface area contributed by atoms with Crippen molar-refractivity contribution in [3.05, 3.63) is 128 Å². The number of rotatable bonds is 4. The first-order valence-corrected chi connectivity index (χ1v) is 10.2. The summed E-state index contributed by atoms with van der Waals surface area (Å²) in [5, 5.41) is 0. The fourth-order valence-corrected chi connectivity index (χ4v) is 4.83. The fraction of sp³-hybridized carbons (Fsp3) is 0.154. The van der Waals surface area contributed by atoms with Crippen molar-refractivity contribution in [3.8, 4) is 0 Å². The molecule has 3 aromatic carbocycles. The smallest absolute Gasteiger partial charge is 1.00 e. The number of hydrogen-bond acceptors (Lipinski definition) is 0. The molecule has 4 heteroatoms. The molecule has 1 aliphatic carbocycles. The summed E-state index contributed by atoms with van der Waals surface area (Å²) in [5.74, 6) is 0. The van der Waals surface area contributed by atoms with Gasteiger partial charge in [0.05, 0.1) is 0 Å². The third-order valence-corrected chi connectivity index (χ3v) is 7.02. The van der Waals surface area contributed by atoms with Gasteiger partial charge in [-0.1, -0.05) is 0 Å². The second kappa shape index (κ2) is 11.4. The van der Waals surface area contributed by atoms with Crippen LogP contribution in [-0.2, 0) is 25.9 Å². The van der Waals surface area contributed by atoms with E-state index in [1.54, 1.807) is 0 Å². The molecule has 0 radical (unpaired) electrons. The maximum Gasteiger partial charge on any atom is -1.00 e. The minimum Gasteiger partial charge on any atom is -1.00 e. The zero-order valence-corrected chi connectivity index (χ0v) is 20.8. The van der Waals surface area contributed by atoms with Crippen molar-refractivity contribution in [1.29, 1.82) is 0 Å². The van der Waals surface area contributed by atoms with Crippen molar-refractivity contribution in [2.75, 3.05) is 0 Å². The predicted molar refractivity (Wildman–Crippen MR) is 109 cm³/mol. The van der Waals surface area contributed by atoms with E-state index in [0.717, 1.165) is 6.42 Å². The zero-order chi connectivity index (χ0) is 18.9. The Kier molecular flexibility index (Phi) is 10.1. The molecule has 0 unspecified atom stereocenters. The normalized spacial score (nSPS) is 13.3. The van der Waals surface area contributed by atoms with Crippen molar-refractivity contribution in [2.45, 2.75) is 25.7 Å². The Labute approximate surface area is 210 Å². The third-order valence-electron chi connectivity index (χ3n) is 5.77. The Morgan fingerprint density at radius 3 is 1.20 bits per heavy atom. The molecular weight excluding hydrogens is 467 g/mol. The zero-order valence-electron chi connectivity index (χ0n) is 17.0. The number of benzene rings is 3. The van der Waals surface area contributed by atoms with E-state index >= 15 is 0 Å². The summed E-state index contributed by atoms with van der Waals surface area (Å²) in [5.41, 5.74) is 8.14. The van der Waals surface area contributed by atoms with E-state index < -0.39 is 0 Å². The maximum absolute atomic E-state index is 2.30. The van der Waals surface area contributed by atoms with Gasteiger partial charge in [-0.2, -0.15) is 0 Å². The Morgan fingerprint density at radius 2 is 0.933 bits per heavy atom. The molecule has 0 spiro atoms. The van der Waals surface area contributed by atoms with Crippen molar-refractivity contribution in [1.82, 2.24) is 0 Å². The van der Waals surface area contributed by atoms with Gasteiger partial charge in [-0.25, -0.2) is 0 Å². The Balaban J connectivity index is 0.00000150. The van der Waals surface area contributed by atoms with E-state index in [4.69, 9.17) is 0 Å². The van der Waals surface area contributed by atoms with Gasteiger partial charge in [0.15, 0.2) is 0 Å². The molecule has 1 aliphatic rings. The van der Waals surface area contributed by atoms with E-state index in [9.17, 15) is 0 Å². The first-order valence-electron chi connectivity index (χ1n) is 9.44. The fourth-order valence-electron chi connectivity index (χ4n) is 4.46. The molecule has 4 rings (SSSR count). The molecule has 0 nitrogen and oxygen atoms in total. The predicted octanol–water partition coefficient (Wildman–Crippen LogP) is -2.43. The third kappa shape index (κ3) is 4.49. The van der Waals surface area contributed by atoms with Crippen LogP contribution in [0.4, 0.5) is 0 Å². The van der Waals surface area contributed by atoms with E-state index in [1.807, 2.05) is 0 Å². The Bertz CT molecular complexity index is 913. The molecule has 3 aromatic rings. The molecule has 30 heavy (non-hydrogen) atoms. The van der Waals surface area contributed by atoms with Gasteiger partial charge in [0.2, 0.25) is 0 Å². The van der Waals surface area contributed by atoms with Gasteiger partial charge in [0.1, 0.15) is 0 Å². The summed E-state index contributed by atoms with van der Waals surface area (Å²) in [7, 11) is 0. The molecule has 0 bridgehead atoms. The molecule has 0 fully saturated rings. The first-order chi connectivity index (χ1) is 13.2. The first kappa shape index (κ1) is 26.8. The van der Waals surface area contributed by atoms with Crippen LogP contribution in [0.2, 0.25) is 0 Å². The van der Waals surface area contributed by atoms with Crippen LogP contribution >= 0.6 is 0 Å². The molecule has 0 atom stereocenters. The molecule has 0 N–H and O–H groups in total. The Morgan fingerprint density at radius 1 is 0.600 bits per heavy atom. The molecular formula is C26H23Cl3Ti. The summed E-state index contributed by atoms with van der Waals surface area (Å²) in [4.78, 5) is 0. The van der Waals surface area contributed by atoms with Crippen molar-refractivity contribution in [3.63, 3.8) is 0 Å². The summed E-state index contributed by atoms with van der Waals surface area (Å²) in [6.45, 7) is 4.57. The van der Waals surface area contributed by atoms with Gasteiger partial charge in [-0.15, -0.1) is 0 Å². The van der Waals surface area contributed by atoms with E-state index in [2.05, 4.69) is 125 Å². The monoisotopic (exact) mass is 488 g/mol. The van der Waals surface area contributed by atoms with Crippen molar-refractivity contribution < 1.29 is 57.7 Å². The van der Waals surface area contributed by atoms with E-state index in [1.165, 1.54) is 37.3 Å². The second-order valence-corrected chi connectivity index (χ2v) is 8.06. The quantitative estimate of drug-likeness (QED) is 0.283. The number of halogens is 3. The van der Waals surface area contributed by atoms with Crippen molar-refractivity contribution >= 4 is 0 Å². The minimum atomic E-state index is -0.271. The van der Waals surface area contributed by atoms with Gasteiger partial charge in [-0.3, -0.25) is 0 Å². The summed E-state index contributed by atoms with van der Waals surface area (Å²) in [6.07, 6.45) is 1.02. The van der Waals surface area contributed by atoms with Crippen LogP contribution in [0.25, 0.3) is 0 Å². The van der Waals surface area contributed by atoms with Gasteiger partial charge in [-0.05, 0) is 0 Å². The van der Waals surface area contributed by atoms with Crippen LogP contribution in [0.15, 0.2) is 112 Å². The van der Waals surface area contributed by atoms with E-state index in [-0.39, 0.29) is 42.6 Å². The molecule has 0 aliphatic heterocycles. The van der Waals surface area contributed by atoms with Gasteiger partial charge >= 0.3 is 174 Å². The van der Waals surface area contributed by atoms with Gasteiger partial charge in [0.25, 0.3) is 0 Å². The summed E-state index contributed by atoms with van der Waals surface area (Å²) < 4.78 is 1.44.